The van der Waals surface area contributed by atoms with Gasteiger partial charge in [0.1, 0.15) is 4.90 Å². The zero-order valence-corrected chi connectivity index (χ0v) is 16.7. The summed E-state index contributed by atoms with van der Waals surface area (Å²) in [7, 11) is -2.37. The first kappa shape index (κ1) is 20.9. The van der Waals surface area contributed by atoms with Crippen molar-refractivity contribution in [3.63, 3.8) is 0 Å². The van der Waals surface area contributed by atoms with E-state index in [1.165, 1.54) is 29.6 Å². The van der Waals surface area contributed by atoms with E-state index in [2.05, 4.69) is 10.6 Å². The van der Waals surface area contributed by atoms with Gasteiger partial charge in [0.2, 0.25) is 15.9 Å². The average molecular weight is 423 g/mol. The summed E-state index contributed by atoms with van der Waals surface area (Å²) in [6.45, 7) is 2.75. The van der Waals surface area contributed by atoms with Crippen LogP contribution in [0.3, 0.4) is 0 Å². The number of carbonyl (C=O) groups is 2. The number of hydrogen-bond donors (Lipinski definition) is 2. The molecule has 0 bridgehead atoms. The number of sulfonamides is 1. The Morgan fingerprint density at radius 2 is 1.77 bits per heavy atom. The molecule has 1 heterocycles. The molecule has 0 aromatic heterocycles. The Balaban J connectivity index is 2.04. The topological polar surface area (TPSA) is 98.8 Å². The molecule has 3 amide bonds. The van der Waals surface area contributed by atoms with Crippen molar-refractivity contribution in [1.29, 1.82) is 0 Å². The lowest BCUT2D eigenvalue weighted by Gasteiger charge is -2.36. The molecule has 1 atom stereocenters. The Hall–Kier alpha value is -1.39. The summed E-state index contributed by atoms with van der Waals surface area (Å²) in [6.07, 6.45) is 0. The summed E-state index contributed by atoms with van der Waals surface area (Å²) in [4.78, 5) is 25.0. The maximum absolute atomic E-state index is 12.8. The summed E-state index contributed by atoms with van der Waals surface area (Å²) in [6, 6.07) is 3.32. The molecule has 144 valence electrons. The number of carbonyl (C=O) groups excluding carboxylic acids is 2. The van der Waals surface area contributed by atoms with Crippen LogP contribution in [0.5, 0.6) is 0 Å². The number of amides is 3. The highest BCUT2D eigenvalue weighted by Crippen LogP contribution is 2.31. The summed E-state index contributed by atoms with van der Waals surface area (Å²) in [5.41, 5.74) is 0. The number of imide groups is 1. The van der Waals surface area contributed by atoms with Crippen molar-refractivity contribution in [2.75, 3.05) is 33.2 Å². The van der Waals surface area contributed by atoms with Gasteiger partial charge in [-0.2, -0.15) is 4.31 Å². The van der Waals surface area contributed by atoms with E-state index in [1.807, 2.05) is 4.90 Å². The average Bonchev–Trinajstić information content (AvgIpc) is 2.63. The zero-order chi connectivity index (χ0) is 19.5. The first-order chi connectivity index (χ1) is 12.2. The molecule has 1 saturated heterocycles. The van der Waals surface area contributed by atoms with Crippen LogP contribution in [0.1, 0.15) is 6.92 Å². The third-order valence-corrected chi connectivity index (χ3v) is 7.07. The largest absolute Gasteiger partial charge is 0.341 e. The Morgan fingerprint density at radius 1 is 1.15 bits per heavy atom. The molecule has 0 radical (unpaired) electrons. The Morgan fingerprint density at radius 3 is 2.35 bits per heavy atom. The predicted octanol–water partition coefficient (Wildman–Crippen LogP) is 1.14. The number of rotatable bonds is 4. The van der Waals surface area contributed by atoms with E-state index in [1.54, 1.807) is 6.92 Å². The fraction of sp³-hybridized carbons (Fsp3) is 0.467. The lowest BCUT2D eigenvalue weighted by Crippen LogP contribution is -2.56. The summed E-state index contributed by atoms with van der Waals surface area (Å²) >= 11 is 12.0. The predicted molar refractivity (Wildman–Crippen MR) is 98.9 cm³/mol. The van der Waals surface area contributed by atoms with E-state index in [0.29, 0.717) is 13.1 Å². The molecule has 0 saturated carbocycles. The van der Waals surface area contributed by atoms with Crippen molar-refractivity contribution in [2.45, 2.75) is 17.9 Å². The molecular weight excluding hydrogens is 403 g/mol. The molecule has 26 heavy (non-hydrogen) atoms. The van der Waals surface area contributed by atoms with Crippen molar-refractivity contribution in [3.8, 4) is 0 Å². The van der Waals surface area contributed by atoms with Crippen molar-refractivity contribution in [2.24, 2.45) is 0 Å². The van der Waals surface area contributed by atoms with Gasteiger partial charge in [-0.05, 0) is 19.1 Å². The smallest absolute Gasteiger partial charge is 0.321 e. The van der Waals surface area contributed by atoms with Crippen LogP contribution in [0.2, 0.25) is 10.0 Å². The number of nitrogens with zero attached hydrogens (tertiary/aromatic N) is 2. The Bertz CT molecular complexity index is 795. The second-order valence-corrected chi connectivity index (χ2v) is 8.43. The maximum Gasteiger partial charge on any atom is 0.321 e. The van der Waals surface area contributed by atoms with E-state index < -0.39 is 28.0 Å². The standard InChI is InChI=1S/C15H20Cl2N4O4S/c1-10(14(22)19-15(23)18-2)20-6-8-21(9-7-20)26(24,25)12-5-3-4-11(16)13(12)17/h3-5,10H,6-9H2,1-2H3,(H2,18,19,22,23). The fourth-order valence-electron chi connectivity index (χ4n) is 2.60. The van der Waals surface area contributed by atoms with E-state index in [0.717, 1.165) is 0 Å². The number of hydrogen-bond acceptors (Lipinski definition) is 5. The number of nitrogens with one attached hydrogen (secondary N) is 2. The first-order valence-electron chi connectivity index (χ1n) is 7.89. The van der Waals surface area contributed by atoms with Gasteiger partial charge >= 0.3 is 6.03 Å². The Labute approximate surface area is 162 Å². The third-order valence-electron chi connectivity index (χ3n) is 4.20. The van der Waals surface area contributed by atoms with E-state index in [4.69, 9.17) is 23.2 Å². The van der Waals surface area contributed by atoms with Gasteiger partial charge in [-0.1, -0.05) is 29.3 Å². The molecule has 2 N–H and O–H groups in total. The maximum atomic E-state index is 12.8. The molecule has 11 heteroatoms. The van der Waals surface area contributed by atoms with Crippen LogP contribution < -0.4 is 10.6 Å². The second kappa shape index (κ2) is 8.53. The minimum Gasteiger partial charge on any atom is -0.341 e. The molecule has 0 spiro atoms. The quantitative estimate of drug-likeness (QED) is 0.757. The van der Waals surface area contributed by atoms with Crippen molar-refractivity contribution in [1.82, 2.24) is 19.8 Å². The summed E-state index contributed by atoms with van der Waals surface area (Å²) < 4.78 is 26.9. The van der Waals surface area contributed by atoms with Crippen LogP contribution in [0.15, 0.2) is 23.1 Å². The monoisotopic (exact) mass is 422 g/mol. The van der Waals surface area contributed by atoms with E-state index in [-0.39, 0.29) is 28.0 Å². The van der Waals surface area contributed by atoms with Crippen molar-refractivity contribution >= 4 is 45.2 Å². The van der Waals surface area contributed by atoms with Crippen LogP contribution in [-0.4, -0.2) is 68.8 Å². The molecular formula is C15H20Cl2N4O4S. The number of benzene rings is 1. The van der Waals surface area contributed by atoms with Gasteiger partial charge in [-0.25, -0.2) is 13.2 Å². The fourth-order valence-corrected chi connectivity index (χ4v) is 4.76. The van der Waals surface area contributed by atoms with Crippen LogP contribution in [0.4, 0.5) is 4.79 Å². The molecule has 1 aliphatic rings. The number of piperazine rings is 1. The molecule has 1 aromatic carbocycles. The molecule has 1 unspecified atom stereocenters. The van der Waals surface area contributed by atoms with E-state index >= 15 is 0 Å². The van der Waals surface area contributed by atoms with Crippen molar-refractivity contribution in [3.05, 3.63) is 28.2 Å². The minimum atomic E-state index is -3.78. The van der Waals surface area contributed by atoms with E-state index in [9.17, 15) is 18.0 Å². The Kier molecular flexibility index (Phi) is 6.86. The van der Waals surface area contributed by atoms with Gasteiger partial charge in [0.05, 0.1) is 16.1 Å². The highest BCUT2D eigenvalue weighted by atomic mass is 35.5. The lowest BCUT2D eigenvalue weighted by atomic mass is 10.2. The van der Waals surface area contributed by atoms with Crippen LogP contribution in [0.25, 0.3) is 0 Å². The van der Waals surface area contributed by atoms with Crippen molar-refractivity contribution < 1.29 is 18.0 Å². The first-order valence-corrected chi connectivity index (χ1v) is 10.1. The second-order valence-electron chi connectivity index (χ2n) is 5.74. The highest BCUT2D eigenvalue weighted by molar-refractivity contribution is 7.89. The molecule has 1 aromatic rings. The van der Waals surface area contributed by atoms with Crippen LogP contribution >= 0.6 is 23.2 Å². The lowest BCUT2D eigenvalue weighted by molar-refractivity contribution is -0.125. The summed E-state index contributed by atoms with van der Waals surface area (Å²) in [5, 5.41) is 4.69. The molecule has 8 nitrogen and oxygen atoms in total. The number of halogens is 2. The SMILES string of the molecule is CNC(=O)NC(=O)C(C)N1CCN(S(=O)(=O)c2cccc(Cl)c2Cl)CC1. The molecule has 1 fully saturated rings. The van der Waals surface area contributed by atoms with Gasteiger partial charge in [0.15, 0.2) is 0 Å². The van der Waals surface area contributed by atoms with Gasteiger partial charge in [0, 0.05) is 33.2 Å². The van der Waals surface area contributed by atoms with Gasteiger partial charge in [-0.3, -0.25) is 15.0 Å². The molecule has 1 aliphatic heterocycles. The van der Waals surface area contributed by atoms with Gasteiger partial charge in [-0.15, -0.1) is 0 Å². The number of urea groups is 1. The third kappa shape index (κ3) is 4.47. The molecule has 0 aliphatic carbocycles. The van der Waals surface area contributed by atoms with Crippen LogP contribution in [0, 0.1) is 0 Å². The van der Waals surface area contributed by atoms with Gasteiger partial charge < -0.3 is 5.32 Å². The highest BCUT2D eigenvalue weighted by Gasteiger charge is 2.33. The van der Waals surface area contributed by atoms with Gasteiger partial charge in [0.25, 0.3) is 0 Å². The zero-order valence-electron chi connectivity index (χ0n) is 14.3. The minimum absolute atomic E-state index is 0.00470. The molecule has 2 rings (SSSR count). The summed E-state index contributed by atoms with van der Waals surface area (Å²) in [5.74, 6) is -0.446. The normalized spacial score (nSPS) is 17.5. The van der Waals surface area contributed by atoms with Crippen LogP contribution in [-0.2, 0) is 14.8 Å².